The van der Waals surface area contributed by atoms with Crippen LogP contribution < -0.4 is 0 Å². The Bertz CT molecular complexity index is 1570. The summed E-state index contributed by atoms with van der Waals surface area (Å²) in [6.07, 6.45) is 88.7. The van der Waals surface area contributed by atoms with E-state index in [0.29, 0.717) is 12.8 Å². The van der Waals surface area contributed by atoms with Gasteiger partial charge < -0.3 is 14.6 Å². The summed E-state index contributed by atoms with van der Waals surface area (Å²) in [6.45, 7) is 3.86. The van der Waals surface area contributed by atoms with Crippen molar-refractivity contribution in [2.45, 2.75) is 200 Å². The summed E-state index contributed by atoms with van der Waals surface area (Å²) >= 11 is 0. The van der Waals surface area contributed by atoms with Gasteiger partial charge in [0.05, 0.1) is 6.61 Å². The first kappa shape index (κ1) is 63.3. The number of esters is 2. The fourth-order valence-electron chi connectivity index (χ4n) is 6.57. The highest BCUT2D eigenvalue weighted by Gasteiger charge is 2.16. The molecular weight excluding hydrogens is 837 g/mol. The lowest BCUT2D eigenvalue weighted by molar-refractivity contribution is -0.161. The maximum atomic E-state index is 12.3. The summed E-state index contributed by atoms with van der Waals surface area (Å²) in [5.41, 5.74) is 0. The first-order chi connectivity index (χ1) is 33.6. The second-order valence-corrected chi connectivity index (χ2v) is 16.8. The lowest BCUT2D eigenvalue weighted by Gasteiger charge is -2.15. The Hall–Kier alpha value is -4.74. The van der Waals surface area contributed by atoms with E-state index in [1.807, 2.05) is 0 Å². The van der Waals surface area contributed by atoms with E-state index in [1.54, 1.807) is 0 Å². The van der Waals surface area contributed by atoms with Crippen LogP contribution in [0.15, 0.2) is 170 Å². The van der Waals surface area contributed by atoms with Gasteiger partial charge in [-0.2, -0.15) is 0 Å². The molecule has 0 bridgehead atoms. The number of aliphatic hydroxyl groups excluding tert-OH is 1. The Balaban J connectivity index is 3.70. The molecule has 0 saturated heterocycles. The molecule has 1 N–H and O–H groups in total. The lowest BCUT2D eigenvalue weighted by atomic mass is 10.1. The molecule has 1 atom stereocenters. The zero-order valence-electron chi connectivity index (χ0n) is 43.0. The van der Waals surface area contributed by atoms with E-state index in [2.05, 4.69) is 184 Å². The normalized spacial score (nSPS) is 13.6. The van der Waals surface area contributed by atoms with Gasteiger partial charge in [-0.3, -0.25) is 9.59 Å². The molecule has 0 rings (SSSR count). The standard InChI is InChI=1S/C63H96O5/c1-3-5-7-9-11-13-15-17-19-21-23-24-25-26-27-28-29-30-31-32-33-34-35-36-37-38-40-42-44-46-48-50-52-54-56-58-63(66)68-61(59-64)60-67-62(65)57-55-53-51-49-47-45-43-41-39-22-20-18-16-14-12-10-8-6-4-2/h5-8,11-14,17-20,23-24,26-27,29-30,32-33,35-36,38-41,44,46,61,64H,3-4,9-10,15-16,21-22,25,28,31,34,37,42-43,45,47-60H2,1-2H3/b7-5-,8-6-,13-11-,14-12-,19-17-,20-18-,24-23-,27-26-,30-29-,33-32-,36-35-,40-38-,41-39-,46-44-. The molecule has 5 heteroatoms. The van der Waals surface area contributed by atoms with Crippen molar-refractivity contribution in [3.63, 3.8) is 0 Å². The molecule has 68 heavy (non-hydrogen) atoms. The molecule has 0 fully saturated rings. The van der Waals surface area contributed by atoms with E-state index in [4.69, 9.17) is 9.47 Å². The maximum absolute atomic E-state index is 12.3. The predicted molar refractivity (Wildman–Crippen MR) is 297 cm³/mol. The molecule has 1 unspecified atom stereocenters. The summed E-state index contributed by atoms with van der Waals surface area (Å²) in [5, 5.41) is 9.63. The monoisotopic (exact) mass is 933 g/mol. The highest BCUT2D eigenvalue weighted by Crippen LogP contribution is 2.11. The van der Waals surface area contributed by atoms with Crippen LogP contribution in [-0.2, 0) is 19.1 Å². The van der Waals surface area contributed by atoms with Crippen molar-refractivity contribution in [3.8, 4) is 0 Å². The van der Waals surface area contributed by atoms with Gasteiger partial charge in [-0.1, -0.05) is 223 Å². The Morgan fingerprint density at radius 1 is 0.338 bits per heavy atom. The largest absolute Gasteiger partial charge is 0.462 e. The number of hydrogen-bond donors (Lipinski definition) is 1. The Kier molecular flexibility index (Phi) is 52.6. The number of carbonyl (C=O) groups is 2. The predicted octanol–water partition coefficient (Wildman–Crippen LogP) is 18.2. The third-order valence-corrected chi connectivity index (χ3v) is 10.5. The summed E-state index contributed by atoms with van der Waals surface area (Å²) < 4.78 is 10.6. The summed E-state index contributed by atoms with van der Waals surface area (Å²) in [5.74, 6) is -0.652. The van der Waals surface area contributed by atoms with Gasteiger partial charge in [0, 0.05) is 12.8 Å². The fraction of sp³-hybridized carbons (Fsp3) is 0.524. The Morgan fingerprint density at radius 2 is 0.588 bits per heavy atom. The molecule has 0 aromatic carbocycles. The van der Waals surface area contributed by atoms with Crippen LogP contribution in [0, 0.1) is 0 Å². The number of unbranched alkanes of at least 4 members (excludes halogenated alkanes) is 10. The average Bonchev–Trinajstić information content (AvgIpc) is 3.34. The van der Waals surface area contributed by atoms with Crippen molar-refractivity contribution in [3.05, 3.63) is 170 Å². The minimum Gasteiger partial charge on any atom is -0.462 e. The van der Waals surface area contributed by atoms with Crippen LogP contribution in [0.3, 0.4) is 0 Å². The molecule has 0 saturated carbocycles. The van der Waals surface area contributed by atoms with Crippen molar-refractivity contribution in [1.82, 2.24) is 0 Å². The van der Waals surface area contributed by atoms with Gasteiger partial charge in [-0.25, -0.2) is 0 Å². The summed E-state index contributed by atoms with van der Waals surface area (Å²) in [7, 11) is 0. The van der Waals surface area contributed by atoms with Gasteiger partial charge >= 0.3 is 11.9 Å². The van der Waals surface area contributed by atoms with Gasteiger partial charge in [0.2, 0.25) is 0 Å². The number of rotatable bonds is 46. The molecule has 0 aromatic rings. The van der Waals surface area contributed by atoms with E-state index >= 15 is 0 Å². The number of allylic oxidation sites excluding steroid dienone is 28. The molecule has 0 aromatic heterocycles. The maximum Gasteiger partial charge on any atom is 0.306 e. The van der Waals surface area contributed by atoms with E-state index < -0.39 is 6.10 Å². The SMILES string of the molecule is CC/C=C\C/C=C\C/C=C\C/C=C\C/C=C\C/C=C\C/C=C\C/C=C\C/C=C\C/C=C\CCCCCCC(=O)OC(CO)COC(=O)CCCCCCCC/C=C\C/C=C\C/C=C\C/C=C\CC. The number of aliphatic hydroxyl groups is 1. The van der Waals surface area contributed by atoms with Crippen molar-refractivity contribution < 1.29 is 24.2 Å². The second kappa shape index (κ2) is 56.6. The van der Waals surface area contributed by atoms with Crippen molar-refractivity contribution in [2.75, 3.05) is 13.2 Å². The molecule has 0 amide bonds. The quantitative estimate of drug-likeness (QED) is 0.0374. The van der Waals surface area contributed by atoms with Crippen LogP contribution in [-0.4, -0.2) is 36.4 Å². The summed E-state index contributed by atoms with van der Waals surface area (Å²) in [4.78, 5) is 24.5. The molecule has 378 valence electrons. The lowest BCUT2D eigenvalue weighted by Crippen LogP contribution is -2.28. The highest BCUT2D eigenvalue weighted by molar-refractivity contribution is 5.70. The Labute approximate surface area is 417 Å². The first-order valence-corrected chi connectivity index (χ1v) is 26.7. The van der Waals surface area contributed by atoms with Crippen LogP contribution in [0.2, 0.25) is 0 Å². The highest BCUT2D eigenvalue weighted by atomic mass is 16.6. The van der Waals surface area contributed by atoms with E-state index in [9.17, 15) is 14.7 Å². The number of hydrogen-bond acceptors (Lipinski definition) is 5. The third kappa shape index (κ3) is 53.9. The van der Waals surface area contributed by atoms with Crippen LogP contribution in [0.5, 0.6) is 0 Å². The van der Waals surface area contributed by atoms with Gasteiger partial charge in [-0.15, -0.1) is 0 Å². The van der Waals surface area contributed by atoms with E-state index in [0.717, 1.165) is 148 Å². The molecule has 0 aliphatic rings. The van der Waals surface area contributed by atoms with Crippen molar-refractivity contribution >= 4 is 11.9 Å². The third-order valence-electron chi connectivity index (χ3n) is 10.5. The summed E-state index contributed by atoms with van der Waals surface area (Å²) in [6, 6.07) is 0. The molecule has 0 spiro atoms. The van der Waals surface area contributed by atoms with Crippen molar-refractivity contribution in [1.29, 1.82) is 0 Å². The van der Waals surface area contributed by atoms with Crippen LogP contribution >= 0.6 is 0 Å². The Morgan fingerprint density at radius 3 is 0.882 bits per heavy atom. The van der Waals surface area contributed by atoms with Crippen molar-refractivity contribution in [2.24, 2.45) is 0 Å². The van der Waals surface area contributed by atoms with Gasteiger partial charge in [0.1, 0.15) is 6.61 Å². The topological polar surface area (TPSA) is 72.8 Å². The minimum atomic E-state index is -0.806. The molecule has 0 radical (unpaired) electrons. The second-order valence-electron chi connectivity index (χ2n) is 16.8. The van der Waals surface area contributed by atoms with Gasteiger partial charge in [0.15, 0.2) is 6.10 Å². The number of carbonyl (C=O) groups excluding carboxylic acids is 2. The zero-order valence-corrected chi connectivity index (χ0v) is 43.0. The molecule has 0 aliphatic carbocycles. The zero-order chi connectivity index (χ0) is 49.2. The molecule has 0 aliphatic heterocycles. The van der Waals surface area contributed by atoms with Crippen LogP contribution in [0.4, 0.5) is 0 Å². The van der Waals surface area contributed by atoms with E-state index in [1.165, 1.54) is 19.3 Å². The van der Waals surface area contributed by atoms with E-state index in [-0.39, 0.29) is 25.2 Å². The molecule has 0 heterocycles. The van der Waals surface area contributed by atoms with Crippen LogP contribution in [0.1, 0.15) is 194 Å². The number of ether oxygens (including phenoxy) is 2. The average molecular weight is 933 g/mol. The van der Waals surface area contributed by atoms with Gasteiger partial charge in [-0.05, 0) is 128 Å². The first-order valence-electron chi connectivity index (χ1n) is 26.7. The van der Waals surface area contributed by atoms with Gasteiger partial charge in [0.25, 0.3) is 0 Å². The fourth-order valence-corrected chi connectivity index (χ4v) is 6.57. The smallest absolute Gasteiger partial charge is 0.306 e. The molecular formula is C63H96O5. The van der Waals surface area contributed by atoms with Crippen LogP contribution in [0.25, 0.3) is 0 Å². The molecule has 5 nitrogen and oxygen atoms in total. The minimum absolute atomic E-state index is 0.0962.